The second kappa shape index (κ2) is 3.91. The van der Waals surface area contributed by atoms with Crippen LogP contribution in [-0.2, 0) is 0 Å². The van der Waals surface area contributed by atoms with Gasteiger partial charge in [-0.05, 0) is 25.3 Å². The molecule has 0 saturated carbocycles. The van der Waals surface area contributed by atoms with Crippen LogP contribution in [-0.4, -0.2) is 0 Å². The molecular weight excluding hydrogens is 84.1 g/mol. The van der Waals surface area contributed by atoms with Crippen LogP contribution >= 0.6 is 0 Å². The summed E-state index contributed by atoms with van der Waals surface area (Å²) in [6, 6.07) is 0. The molecule has 0 aromatic rings. The summed E-state index contributed by atoms with van der Waals surface area (Å²) in [7, 11) is 0. The smallest absolute Gasteiger partial charge is 0.0219 e. The highest BCUT2D eigenvalue weighted by molar-refractivity contribution is 4.76. The van der Waals surface area contributed by atoms with Crippen molar-refractivity contribution in [2.24, 2.45) is 5.92 Å². The first-order valence-electron chi connectivity index (χ1n) is 2.64. The monoisotopic (exact) mass is 96.1 g/mol. The van der Waals surface area contributed by atoms with Gasteiger partial charge in [-0.25, -0.2) is 0 Å². The van der Waals surface area contributed by atoms with Gasteiger partial charge >= 0.3 is 0 Å². The Morgan fingerprint density at radius 3 is 2.43 bits per heavy atom. The van der Waals surface area contributed by atoms with E-state index in [4.69, 9.17) is 0 Å². The quantitative estimate of drug-likeness (QED) is 0.494. The molecule has 2 radical (unpaired) electrons. The largest absolute Gasteiger partial charge is 0.0808 e. The summed E-state index contributed by atoms with van der Waals surface area (Å²) in [6.07, 6.45) is 5.93. The van der Waals surface area contributed by atoms with Gasteiger partial charge in [0.1, 0.15) is 0 Å². The Morgan fingerprint density at radius 2 is 2.29 bits per heavy atom. The van der Waals surface area contributed by atoms with Crippen molar-refractivity contribution in [3.63, 3.8) is 0 Å². The Kier molecular flexibility index (Phi) is 3.77. The standard InChI is InChI=1S/C7H12/c1-4-5-6-7(2)3/h5,7H,1,4H2,2-3H3. The highest BCUT2D eigenvalue weighted by Gasteiger charge is 1.79. The highest BCUT2D eigenvalue weighted by Crippen LogP contribution is 1.91. The van der Waals surface area contributed by atoms with Gasteiger partial charge in [0.25, 0.3) is 0 Å². The molecule has 0 heterocycles. The van der Waals surface area contributed by atoms with E-state index in [0.29, 0.717) is 5.92 Å². The lowest BCUT2D eigenvalue weighted by Crippen LogP contribution is -1.76. The molecule has 7 heavy (non-hydrogen) atoms. The van der Waals surface area contributed by atoms with Gasteiger partial charge in [0.2, 0.25) is 0 Å². The molecule has 0 nitrogen and oxygen atoms in total. The summed E-state index contributed by atoms with van der Waals surface area (Å²) in [5.74, 6) is 0.557. The van der Waals surface area contributed by atoms with Crippen molar-refractivity contribution < 1.29 is 0 Å². The van der Waals surface area contributed by atoms with Gasteiger partial charge in [0.15, 0.2) is 0 Å². The van der Waals surface area contributed by atoms with Crippen LogP contribution in [0.15, 0.2) is 6.08 Å². The fourth-order valence-corrected chi connectivity index (χ4v) is 0.319. The van der Waals surface area contributed by atoms with Gasteiger partial charge in [-0.3, -0.25) is 0 Å². The van der Waals surface area contributed by atoms with Gasteiger partial charge < -0.3 is 0 Å². The van der Waals surface area contributed by atoms with Crippen LogP contribution in [0.25, 0.3) is 0 Å². The lowest BCUT2D eigenvalue weighted by molar-refractivity contribution is 0.801. The van der Waals surface area contributed by atoms with E-state index < -0.39 is 0 Å². The average molecular weight is 96.2 g/mol. The predicted molar refractivity (Wildman–Crippen MR) is 32.6 cm³/mol. The van der Waals surface area contributed by atoms with Gasteiger partial charge in [-0.1, -0.05) is 19.9 Å². The molecule has 0 aliphatic heterocycles. The molecule has 0 fully saturated rings. The third-order valence-corrected chi connectivity index (χ3v) is 0.596. The minimum Gasteiger partial charge on any atom is -0.0808 e. The SMILES string of the molecule is [CH2]C/C=[C]/C(C)C. The maximum absolute atomic E-state index is 3.64. The van der Waals surface area contributed by atoms with E-state index in [-0.39, 0.29) is 0 Å². The normalized spacial score (nSPS) is 11.4. The van der Waals surface area contributed by atoms with Crippen molar-refractivity contribution in [1.29, 1.82) is 0 Å². The fourth-order valence-electron chi connectivity index (χ4n) is 0.319. The molecule has 0 aromatic carbocycles. The Morgan fingerprint density at radius 1 is 1.71 bits per heavy atom. The molecule has 0 aromatic heterocycles. The van der Waals surface area contributed by atoms with Gasteiger partial charge in [-0.2, -0.15) is 0 Å². The molecule has 0 spiro atoms. The molecule has 0 N–H and O–H groups in total. The van der Waals surface area contributed by atoms with Crippen molar-refractivity contribution in [2.75, 3.05) is 0 Å². The Bertz CT molecular complexity index is 51.1. The van der Waals surface area contributed by atoms with Crippen LogP contribution in [0.5, 0.6) is 0 Å². The number of rotatable bonds is 2. The molecule has 0 bridgehead atoms. The third kappa shape index (κ3) is 5.74. The molecule has 40 valence electrons. The van der Waals surface area contributed by atoms with Crippen LogP contribution in [0.4, 0.5) is 0 Å². The van der Waals surface area contributed by atoms with Crippen LogP contribution in [0.2, 0.25) is 0 Å². The molecule has 0 unspecified atom stereocenters. The molecule has 0 amide bonds. The molecule has 0 rings (SSSR count). The zero-order valence-electron chi connectivity index (χ0n) is 5.07. The first kappa shape index (κ1) is 6.74. The van der Waals surface area contributed by atoms with Crippen molar-refractivity contribution in [3.8, 4) is 0 Å². The van der Waals surface area contributed by atoms with E-state index in [1.165, 1.54) is 0 Å². The summed E-state index contributed by atoms with van der Waals surface area (Å²) in [6.45, 7) is 7.85. The summed E-state index contributed by atoms with van der Waals surface area (Å²) in [5.41, 5.74) is 0. The lowest BCUT2D eigenvalue weighted by Gasteiger charge is -1.87. The second-order valence-corrected chi connectivity index (χ2v) is 1.81. The third-order valence-electron chi connectivity index (χ3n) is 0.596. The second-order valence-electron chi connectivity index (χ2n) is 1.81. The maximum Gasteiger partial charge on any atom is -0.0219 e. The van der Waals surface area contributed by atoms with Crippen LogP contribution < -0.4 is 0 Å². The Balaban J connectivity index is 3.08. The molecule has 0 aliphatic carbocycles. The van der Waals surface area contributed by atoms with E-state index in [9.17, 15) is 0 Å². The molecule has 0 saturated heterocycles. The molecule has 0 aliphatic rings. The minimum absolute atomic E-state index is 0.557. The van der Waals surface area contributed by atoms with E-state index in [0.717, 1.165) is 6.42 Å². The molecule has 0 atom stereocenters. The maximum atomic E-state index is 3.64. The summed E-state index contributed by atoms with van der Waals surface area (Å²) < 4.78 is 0. The summed E-state index contributed by atoms with van der Waals surface area (Å²) in [5, 5.41) is 0. The van der Waals surface area contributed by atoms with Crippen molar-refractivity contribution in [1.82, 2.24) is 0 Å². The Hall–Kier alpha value is -0.260. The van der Waals surface area contributed by atoms with E-state index in [1.54, 1.807) is 0 Å². The molecule has 0 heteroatoms. The van der Waals surface area contributed by atoms with Gasteiger partial charge in [0.05, 0.1) is 0 Å². The predicted octanol–water partition coefficient (Wildman–Crippen LogP) is 2.23. The zero-order valence-corrected chi connectivity index (χ0v) is 5.07. The average Bonchev–Trinajstić information content (AvgIpc) is 1.61. The van der Waals surface area contributed by atoms with Crippen molar-refractivity contribution >= 4 is 0 Å². The Labute approximate surface area is 46.2 Å². The van der Waals surface area contributed by atoms with Crippen LogP contribution in [0, 0.1) is 18.9 Å². The number of allylic oxidation sites excluding steroid dienone is 2. The topological polar surface area (TPSA) is 0 Å². The van der Waals surface area contributed by atoms with E-state index in [1.807, 2.05) is 6.08 Å². The summed E-state index contributed by atoms with van der Waals surface area (Å²) >= 11 is 0. The van der Waals surface area contributed by atoms with E-state index in [2.05, 4.69) is 26.8 Å². The first-order chi connectivity index (χ1) is 3.27. The number of hydrogen-bond donors (Lipinski definition) is 0. The zero-order chi connectivity index (χ0) is 5.70. The summed E-state index contributed by atoms with van der Waals surface area (Å²) in [4.78, 5) is 0. The number of hydrogen-bond acceptors (Lipinski definition) is 0. The lowest BCUT2D eigenvalue weighted by atomic mass is 10.2. The molecular formula is C7H12. The van der Waals surface area contributed by atoms with Crippen molar-refractivity contribution in [3.05, 3.63) is 19.1 Å². The van der Waals surface area contributed by atoms with Crippen LogP contribution in [0.3, 0.4) is 0 Å². The van der Waals surface area contributed by atoms with Crippen LogP contribution in [0.1, 0.15) is 20.3 Å². The van der Waals surface area contributed by atoms with Crippen molar-refractivity contribution in [2.45, 2.75) is 20.3 Å². The van der Waals surface area contributed by atoms with Gasteiger partial charge in [0, 0.05) is 0 Å². The first-order valence-corrected chi connectivity index (χ1v) is 2.64. The highest BCUT2D eigenvalue weighted by atomic mass is 13.8. The van der Waals surface area contributed by atoms with Gasteiger partial charge in [-0.15, -0.1) is 0 Å². The fraction of sp³-hybridized carbons (Fsp3) is 0.571. The minimum atomic E-state index is 0.557. The van der Waals surface area contributed by atoms with E-state index >= 15 is 0 Å².